The number of piperidine rings is 1. The molecule has 0 bridgehead atoms. The van der Waals surface area contributed by atoms with E-state index in [9.17, 15) is 14.7 Å². The van der Waals surface area contributed by atoms with Crippen molar-refractivity contribution in [2.45, 2.75) is 38.2 Å². The number of aromatic nitrogens is 1. The number of hydrogen-bond donors (Lipinski definition) is 3. The van der Waals surface area contributed by atoms with E-state index in [1.54, 1.807) is 4.90 Å². The Bertz CT molecular complexity index is 783. The first kappa shape index (κ1) is 25.1. The molecule has 1 unspecified atom stereocenters. The van der Waals surface area contributed by atoms with E-state index >= 15 is 0 Å². The fourth-order valence-corrected chi connectivity index (χ4v) is 4.48. The molecular formula is C21H29N3O8. The standard InChI is InChI=1S/C19H25N3O4.2CH2O2/c23-16-12-20-6-3-15(16)17(24)22-9-4-19(5-10-22)11-14(26-18(19)25)13-21-7-1-2-8-21;2*2-1-3/h3,6,12,14,23H,1-2,4-5,7-11,13H2;2*1H,(H,2,3). The average Bonchev–Trinajstić information content (AvgIpc) is 3.38. The quantitative estimate of drug-likeness (QED) is 0.444. The van der Waals surface area contributed by atoms with Gasteiger partial charge in [-0.1, -0.05) is 0 Å². The number of rotatable bonds is 3. The highest BCUT2D eigenvalue weighted by molar-refractivity contribution is 5.96. The first-order valence-corrected chi connectivity index (χ1v) is 10.4. The van der Waals surface area contributed by atoms with Gasteiger partial charge in [-0.15, -0.1) is 0 Å². The molecule has 11 nitrogen and oxygen atoms in total. The molecule has 0 aromatic carbocycles. The fourth-order valence-electron chi connectivity index (χ4n) is 4.48. The SMILES string of the molecule is O=C(c1ccncc1O)N1CCC2(CC1)CC(CN1CCCC1)OC2=O.O=CO.O=CO. The lowest BCUT2D eigenvalue weighted by Gasteiger charge is -2.36. The molecule has 32 heavy (non-hydrogen) atoms. The summed E-state index contributed by atoms with van der Waals surface area (Å²) in [5.41, 5.74) is -0.182. The highest BCUT2D eigenvalue weighted by Gasteiger charge is 2.51. The van der Waals surface area contributed by atoms with Crippen LogP contribution < -0.4 is 0 Å². The molecule has 3 N–H and O–H groups in total. The van der Waals surface area contributed by atoms with Crippen molar-refractivity contribution in [1.82, 2.24) is 14.8 Å². The van der Waals surface area contributed by atoms with Crippen molar-refractivity contribution >= 4 is 24.8 Å². The number of hydrogen-bond acceptors (Lipinski definition) is 8. The van der Waals surface area contributed by atoms with Crippen molar-refractivity contribution < 1.29 is 39.2 Å². The minimum atomic E-state index is -0.443. The monoisotopic (exact) mass is 451 g/mol. The van der Waals surface area contributed by atoms with E-state index in [1.807, 2.05) is 0 Å². The Hall–Kier alpha value is -3.21. The number of nitrogens with zero attached hydrogens (tertiary/aromatic N) is 3. The van der Waals surface area contributed by atoms with Crippen LogP contribution in [0.25, 0.3) is 0 Å². The largest absolute Gasteiger partial charge is 0.505 e. The smallest absolute Gasteiger partial charge is 0.312 e. The fraction of sp³-hybridized carbons (Fsp3) is 0.571. The predicted octanol–water partition coefficient (Wildman–Crippen LogP) is 0.823. The third-order valence-corrected chi connectivity index (χ3v) is 6.02. The molecule has 1 aromatic rings. The minimum Gasteiger partial charge on any atom is -0.505 e. The molecule has 1 atom stereocenters. The van der Waals surface area contributed by atoms with Gasteiger partial charge in [0.05, 0.1) is 17.2 Å². The predicted molar refractivity (Wildman–Crippen MR) is 111 cm³/mol. The molecule has 0 radical (unpaired) electrons. The third-order valence-electron chi connectivity index (χ3n) is 6.02. The second-order valence-electron chi connectivity index (χ2n) is 7.92. The van der Waals surface area contributed by atoms with Crippen LogP contribution >= 0.6 is 0 Å². The molecule has 3 aliphatic heterocycles. The normalized spacial score (nSPS) is 21.6. The first-order chi connectivity index (χ1) is 15.4. The van der Waals surface area contributed by atoms with Gasteiger partial charge in [-0.25, -0.2) is 0 Å². The third kappa shape index (κ3) is 6.16. The number of amides is 1. The van der Waals surface area contributed by atoms with Crippen LogP contribution in [0.3, 0.4) is 0 Å². The topological polar surface area (TPSA) is 158 Å². The lowest BCUT2D eigenvalue weighted by atomic mass is 9.76. The summed E-state index contributed by atoms with van der Waals surface area (Å²) in [5.74, 6) is -0.413. The summed E-state index contributed by atoms with van der Waals surface area (Å²) in [5, 5.41) is 23.6. The van der Waals surface area contributed by atoms with Gasteiger partial charge in [-0.3, -0.25) is 29.1 Å². The van der Waals surface area contributed by atoms with E-state index in [1.165, 1.54) is 31.3 Å². The lowest BCUT2D eigenvalue weighted by Crippen LogP contribution is -2.45. The number of pyridine rings is 1. The Morgan fingerprint density at radius 3 is 2.31 bits per heavy atom. The van der Waals surface area contributed by atoms with Crippen LogP contribution in [0.5, 0.6) is 5.75 Å². The van der Waals surface area contributed by atoms with Crippen LogP contribution in [0.1, 0.15) is 42.5 Å². The van der Waals surface area contributed by atoms with Crippen LogP contribution in [0, 0.1) is 5.41 Å². The van der Waals surface area contributed by atoms with Crippen LogP contribution in [0.4, 0.5) is 0 Å². The molecule has 176 valence electrons. The van der Waals surface area contributed by atoms with Crippen LogP contribution in [-0.4, -0.2) is 93.8 Å². The van der Waals surface area contributed by atoms with Gasteiger partial charge >= 0.3 is 5.97 Å². The van der Waals surface area contributed by atoms with Crippen molar-refractivity contribution in [2.24, 2.45) is 5.41 Å². The van der Waals surface area contributed by atoms with E-state index in [0.29, 0.717) is 25.9 Å². The van der Waals surface area contributed by atoms with Gasteiger partial charge < -0.3 is 25.0 Å². The molecule has 3 aliphatic rings. The van der Waals surface area contributed by atoms with Gasteiger partial charge in [-0.2, -0.15) is 0 Å². The number of carboxylic acid groups (broad SMARTS) is 2. The number of carbonyl (C=O) groups excluding carboxylic acids is 2. The van der Waals surface area contributed by atoms with Crippen LogP contribution in [0.15, 0.2) is 18.5 Å². The second kappa shape index (κ2) is 12.0. The zero-order valence-corrected chi connectivity index (χ0v) is 17.8. The van der Waals surface area contributed by atoms with Crippen molar-refractivity contribution in [3.05, 3.63) is 24.0 Å². The summed E-state index contributed by atoms with van der Waals surface area (Å²) >= 11 is 0. The molecule has 1 spiro atoms. The molecule has 1 aromatic heterocycles. The maximum atomic E-state index is 12.6. The summed E-state index contributed by atoms with van der Waals surface area (Å²) in [7, 11) is 0. The van der Waals surface area contributed by atoms with Gasteiger partial charge in [-0.05, 0) is 44.8 Å². The maximum Gasteiger partial charge on any atom is 0.312 e. The Morgan fingerprint density at radius 2 is 1.75 bits per heavy atom. The number of ether oxygens (including phenoxy) is 1. The van der Waals surface area contributed by atoms with Gasteiger partial charge in [0.2, 0.25) is 0 Å². The Morgan fingerprint density at radius 1 is 1.16 bits per heavy atom. The highest BCUT2D eigenvalue weighted by atomic mass is 16.6. The summed E-state index contributed by atoms with van der Waals surface area (Å²) in [6, 6.07) is 1.53. The van der Waals surface area contributed by atoms with Gasteiger partial charge in [0, 0.05) is 32.3 Å². The van der Waals surface area contributed by atoms with Crippen molar-refractivity contribution in [1.29, 1.82) is 0 Å². The molecule has 0 saturated carbocycles. The Labute approximate surface area is 185 Å². The van der Waals surface area contributed by atoms with Crippen molar-refractivity contribution in [3.8, 4) is 5.75 Å². The number of cyclic esters (lactones) is 1. The van der Waals surface area contributed by atoms with Crippen LogP contribution in [-0.2, 0) is 19.1 Å². The number of aromatic hydroxyl groups is 1. The molecule has 3 fully saturated rings. The summed E-state index contributed by atoms with van der Waals surface area (Å²) in [4.78, 5) is 49.8. The average molecular weight is 451 g/mol. The number of carbonyl (C=O) groups is 4. The van der Waals surface area contributed by atoms with E-state index in [0.717, 1.165) is 26.1 Å². The molecular weight excluding hydrogens is 422 g/mol. The van der Waals surface area contributed by atoms with Crippen LogP contribution in [0.2, 0.25) is 0 Å². The summed E-state index contributed by atoms with van der Waals surface area (Å²) in [6.45, 7) is 3.54. The Balaban J connectivity index is 0.000000547. The van der Waals surface area contributed by atoms with E-state index in [4.69, 9.17) is 24.5 Å². The van der Waals surface area contributed by atoms with Crippen molar-refractivity contribution in [2.75, 3.05) is 32.7 Å². The molecule has 4 rings (SSSR count). The number of esters is 1. The summed E-state index contributed by atoms with van der Waals surface area (Å²) < 4.78 is 5.68. The van der Waals surface area contributed by atoms with Gasteiger partial charge in [0.1, 0.15) is 11.9 Å². The molecule has 3 saturated heterocycles. The van der Waals surface area contributed by atoms with Crippen molar-refractivity contribution in [3.63, 3.8) is 0 Å². The van der Waals surface area contributed by atoms with E-state index < -0.39 is 5.41 Å². The second-order valence-corrected chi connectivity index (χ2v) is 7.92. The molecule has 1 amide bonds. The highest BCUT2D eigenvalue weighted by Crippen LogP contribution is 2.43. The van der Waals surface area contributed by atoms with E-state index in [-0.39, 0.29) is 42.2 Å². The minimum absolute atomic E-state index is 0.0212. The first-order valence-electron chi connectivity index (χ1n) is 10.4. The van der Waals surface area contributed by atoms with Gasteiger partial charge in [0.25, 0.3) is 18.9 Å². The number of likely N-dealkylation sites (tertiary alicyclic amines) is 2. The lowest BCUT2D eigenvalue weighted by molar-refractivity contribution is -0.151. The zero-order chi connectivity index (χ0) is 23.6. The Kier molecular flexibility index (Phi) is 9.39. The molecule has 11 heteroatoms. The summed E-state index contributed by atoms with van der Waals surface area (Å²) in [6.07, 6.45) is 7.21. The van der Waals surface area contributed by atoms with Gasteiger partial charge in [0.15, 0.2) is 0 Å². The molecule has 0 aliphatic carbocycles. The zero-order valence-electron chi connectivity index (χ0n) is 17.8. The molecule has 4 heterocycles. The maximum absolute atomic E-state index is 12.6. The van der Waals surface area contributed by atoms with E-state index in [2.05, 4.69) is 9.88 Å².